The molecule has 2 fully saturated rings. The molecule has 2 aromatic heterocycles. The van der Waals surface area contributed by atoms with Crippen molar-refractivity contribution < 1.29 is 4.79 Å². The predicted octanol–water partition coefficient (Wildman–Crippen LogP) is 1.29. The zero-order chi connectivity index (χ0) is 19.3. The predicted molar refractivity (Wildman–Crippen MR) is 107 cm³/mol. The van der Waals surface area contributed by atoms with Gasteiger partial charge in [-0.3, -0.25) is 9.69 Å². The van der Waals surface area contributed by atoms with E-state index in [4.69, 9.17) is 5.26 Å². The smallest absolute Gasteiger partial charge is 0.236 e. The van der Waals surface area contributed by atoms with E-state index in [-0.39, 0.29) is 5.91 Å². The third kappa shape index (κ3) is 4.37. The second kappa shape index (κ2) is 8.50. The molecule has 146 valence electrons. The van der Waals surface area contributed by atoms with Crippen molar-refractivity contribution in [2.45, 2.75) is 12.8 Å². The van der Waals surface area contributed by atoms with Gasteiger partial charge in [-0.1, -0.05) is 11.3 Å². The van der Waals surface area contributed by atoms with Crippen LogP contribution in [0, 0.1) is 11.3 Å². The van der Waals surface area contributed by atoms with Gasteiger partial charge in [0, 0.05) is 45.3 Å². The molecule has 0 aromatic carbocycles. The fourth-order valence-corrected chi connectivity index (χ4v) is 4.09. The standard InChI is InChI=1S/C18H22N8OS/c19-10-14-11-20-18(28-14)23-15-9-16(22-13-21-15)25-7-5-24(6-8-25)12-17(27)26-3-1-2-4-26/h9,11,13H,1-8,12H2,(H,20,21,22,23). The van der Waals surface area contributed by atoms with Gasteiger partial charge in [0.1, 0.15) is 28.9 Å². The molecule has 2 aliphatic rings. The molecule has 0 saturated carbocycles. The summed E-state index contributed by atoms with van der Waals surface area (Å²) >= 11 is 1.29. The highest BCUT2D eigenvalue weighted by Gasteiger charge is 2.24. The number of rotatable bonds is 5. The minimum atomic E-state index is 0.250. The van der Waals surface area contributed by atoms with Crippen molar-refractivity contribution in [3.8, 4) is 6.07 Å². The van der Waals surface area contributed by atoms with Gasteiger partial charge >= 0.3 is 0 Å². The Morgan fingerprint density at radius 2 is 1.93 bits per heavy atom. The zero-order valence-electron chi connectivity index (χ0n) is 15.5. The van der Waals surface area contributed by atoms with E-state index in [2.05, 4.69) is 36.1 Å². The summed E-state index contributed by atoms with van der Waals surface area (Å²) in [6.45, 7) is 5.64. The second-order valence-corrected chi connectivity index (χ2v) is 7.91. The van der Waals surface area contributed by atoms with Crippen LogP contribution in [-0.2, 0) is 4.79 Å². The van der Waals surface area contributed by atoms with Crippen LogP contribution in [0.15, 0.2) is 18.6 Å². The van der Waals surface area contributed by atoms with Gasteiger partial charge in [0.05, 0.1) is 12.7 Å². The molecule has 0 atom stereocenters. The van der Waals surface area contributed by atoms with Crippen molar-refractivity contribution in [1.82, 2.24) is 24.8 Å². The molecule has 28 heavy (non-hydrogen) atoms. The average Bonchev–Trinajstić information content (AvgIpc) is 3.41. The van der Waals surface area contributed by atoms with Gasteiger partial charge in [0.15, 0.2) is 5.13 Å². The molecular formula is C18H22N8OS. The van der Waals surface area contributed by atoms with Gasteiger partial charge in [-0.05, 0) is 12.8 Å². The van der Waals surface area contributed by atoms with Crippen LogP contribution < -0.4 is 10.2 Å². The zero-order valence-corrected chi connectivity index (χ0v) is 16.4. The maximum absolute atomic E-state index is 12.3. The molecule has 1 amide bonds. The fraction of sp³-hybridized carbons (Fsp3) is 0.500. The number of likely N-dealkylation sites (tertiary alicyclic amines) is 1. The lowest BCUT2D eigenvalue weighted by atomic mass is 10.3. The molecule has 9 nitrogen and oxygen atoms in total. The molecule has 2 aromatic rings. The number of thiazole rings is 1. The number of carbonyl (C=O) groups excluding carboxylic acids is 1. The first-order valence-electron chi connectivity index (χ1n) is 9.41. The van der Waals surface area contributed by atoms with Gasteiger partial charge in [0.25, 0.3) is 0 Å². The van der Waals surface area contributed by atoms with Gasteiger partial charge in [-0.15, -0.1) is 0 Å². The van der Waals surface area contributed by atoms with E-state index in [1.54, 1.807) is 0 Å². The van der Waals surface area contributed by atoms with Gasteiger partial charge < -0.3 is 15.1 Å². The molecular weight excluding hydrogens is 376 g/mol. The topological polar surface area (TPSA) is 101 Å². The summed E-state index contributed by atoms with van der Waals surface area (Å²) in [5, 5.41) is 12.7. The summed E-state index contributed by atoms with van der Waals surface area (Å²) in [4.78, 5) is 32.1. The average molecular weight is 398 g/mol. The summed E-state index contributed by atoms with van der Waals surface area (Å²) < 4.78 is 0. The Hall–Kier alpha value is -2.77. The van der Waals surface area contributed by atoms with E-state index in [1.807, 2.05) is 11.0 Å². The number of anilines is 3. The van der Waals surface area contributed by atoms with Gasteiger partial charge in [-0.25, -0.2) is 15.0 Å². The Labute approximate surface area is 167 Å². The highest BCUT2D eigenvalue weighted by molar-refractivity contribution is 7.16. The molecule has 0 bridgehead atoms. The number of nitrogens with zero attached hydrogens (tertiary/aromatic N) is 7. The lowest BCUT2D eigenvalue weighted by molar-refractivity contribution is -0.131. The second-order valence-electron chi connectivity index (χ2n) is 6.88. The van der Waals surface area contributed by atoms with Crippen LogP contribution >= 0.6 is 11.3 Å². The lowest BCUT2D eigenvalue weighted by Gasteiger charge is -2.35. The Balaban J connectivity index is 1.31. The van der Waals surface area contributed by atoms with Gasteiger partial charge in [0.2, 0.25) is 5.91 Å². The van der Waals surface area contributed by atoms with Crippen molar-refractivity contribution in [3.05, 3.63) is 23.5 Å². The molecule has 4 heterocycles. The third-order valence-corrected chi connectivity index (χ3v) is 5.83. The van der Waals surface area contributed by atoms with Crippen LogP contribution in [0.1, 0.15) is 17.7 Å². The highest BCUT2D eigenvalue weighted by Crippen LogP contribution is 2.23. The maximum Gasteiger partial charge on any atom is 0.236 e. The Bertz CT molecular complexity index is 864. The minimum Gasteiger partial charge on any atom is -0.354 e. The number of nitrogens with one attached hydrogen (secondary N) is 1. The molecule has 0 radical (unpaired) electrons. The van der Waals surface area contributed by atoms with Crippen molar-refractivity contribution in [2.75, 3.05) is 56.0 Å². The van der Waals surface area contributed by atoms with Crippen LogP contribution in [0.3, 0.4) is 0 Å². The first-order chi connectivity index (χ1) is 13.7. The molecule has 2 aliphatic heterocycles. The normalized spacial score (nSPS) is 17.5. The molecule has 2 saturated heterocycles. The summed E-state index contributed by atoms with van der Waals surface area (Å²) in [6.07, 6.45) is 5.32. The van der Waals surface area contributed by atoms with Crippen LogP contribution in [0.2, 0.25) is 0 Å². The number of nitriles is 1. The quantitative estimate of drug-likeness (QED) is 0.804. The van der Waals surface area contributed by atoms with Crippen LogP contribution in [0.4, 0.5) is 16.8 Å². The number of hydrogen-bond acceptors (Lipinski definition) is 9. The van der Waals surface area contributed by atoms with Gasteiger partial charge in [-0.2, -0.15) is 5.26 Å². The Morgan fingerprint density at radius 3 is 2.64 bits per heavy atom. The first-order valence-corrected chi connectivity index (χ1v) is 10.2. The Kier molecular flexibility index (Phi) is 5.64. The number of piperazine rings is 1. The van der Waals surface area contributed by atoms with Crippen LogP contribution in [-0.4, -0.2) is 76.5 Å². The molecule has 4 rings (SSSR count). The van der Waals surface area contributed by atoms with E-state index < -0.39 is 0 Å². The molecule has 1 N–H and O–H groups in total. The van der Waals surface area contributed by atoms with Crippen LogP contribution in [0.25, 0.3) is 0 Å². The summed E-state index contributed by atoms with van der Waals surface area (Å²) in [5.41, 5.74) is 0. The number of aromatic nitrogens is 3. The van der Waals surface area contributed by atoms with Crippen molar-refractivity contribution in [3.63, 3.8) is 0 Å². The highest BCUT2D eigenvalue weighted by atomic mass is 32.1. The van der Waals surface area contributed by atoms with E-state index in [1.165, 1.54) is 23.9 Å². The largest absolute Gasteiger partial charge is 0.354 e. The Morgan fingerprint density at radius 1 is 1.14 bits per heavy atom. The van der Waals surface area contributed by atoms with Crippen molar-refractivity contribution in [2.24, 2.45) is 0 Å². The lowest BCUT2D eigenvalue weighted by Crippen LogP contribution is -2.50. The van der Waals surface area contributed by atoms with Crippen LogP contribution in [0.5, 0.6) is 0 Å². The van der Waals surface area contributed by atoms with E-state index >= 15 is 0 Å². The summed E-state index contributed by atoms with van der Waals surface area (Å²) in [5.74, 6) is 1.75. The maximum atomic E-state index is 12.3. The summed E-state index contributed by atoms with van der Waals surface area (Å²) in [6, 6.07) is 3.96. The number of carbonyl (C=O) groups is 1. The monoisotopic (exact) mass is 398 g/mol. The third-order valence-electron chi connectivity index (χ3n) is 5.02. The first kappa shape index (κ1) is 18.6. The minimum absolute atomic E-state index is 0.250. The van der Waals surface area contributed by atoms with Crippen molar-refractivity contribution in [1.29, 1.82) is 5.26 Å². The molecule has 10 heteroatoms. The summed E-state index contributed by atoms with van der Waals surface area (Å²) in [7, 11) is 0. The van der Waals surface area contributed by atoms with E-state index in [9.17, 15) is 4.79 Å². The number of hydrogen-bond donors (Lipinski definition) is 1. The van der Waals surface area contributed by atoms with E-state index in [0.717, 1.165) is 57.9 Å². The molecule has 0 spiro atoms. The SMILES string of the molecule is N#Cc1cnc(Nc2cc(N3CCN(CC(=O)N4CCCC4)CC3)ncn2)s1. The molecule has 0 unspecified atom stereocenters. The molecule has 0 aliphatic carbocycles. The number of amides is 1. The van der Waals surface area contributed by atoms with E-state index in [0.29, 0.717) is 22.4 Å². The van der Waals surface area contributed by atoms with Crippen molar-refractivity contribution >= 4 is 34.0 Å². The fourth-order valence-electron chi connectivity index (χ4n) is 3.47.